The first-order chi connectivity index (χ1) is 8.73. The smallest absolute Gasteiger partial charge is 0.0979 e. The van der Waals surface area contributed by atoms with Gasteiger partial charge in [-0.1, -0.05) is 34.6 Å². The van der Waals surface area contributed by atoms with Crippen LogP contribution in [0.3, 0.4) is 0 Å². The molecule has 3 heteroatoms. The van der Waals surface area contributed by atoms with Crippen LogP contribution in [0.1, 0.15) is 53.9 Å². The molecule has 0 aromatic heterocycles. The molecule has 0 aromatic carbocycles. The van der Waals surface area contributed by atoms with Gasteiger partial charge in [-0.25, -0.2) is 0 Å². The monoisotopic (exact) mass is 269 g/mol. The van der Waals surface area contributed by atoms with E-state index in [9.17, 15) is 10.2 Å². The molecule has 0 radical (unpaired) electrons. The minimum Gasteiger partial charge on any atom is -0.389 e. The lowest BCUT2D eigenvalue weighted by Gasteiger charge is -2.48. The largest absolute Gasteiger partial charge is 0.389 e. The summed E-state index contributed by atoms with van der Waals surface area (Å²) in [5.74, 6) is 0.550. The van der Waals surface area contributed by atoms with E-state index in [-0.39, 0.29) is 10.8 Å². The van der Waals surface area contributed by atoms with Gasteiger partial charge in [-0.05, 0) is 43.7 Å². The first-order valence-electron chi connectivity index (χ1n) is 7.85. The lowest BCUT2D eigenvalue weighted by atomic mass is 9.62. The van der Waals surface area contributed by atoms with E-state index in [0.717, 1.165) is 25.9 Å². The van der Waals surface area contributed by atoms with E-state index in [1.165, 1.54) is 6.42 Å². The standard InChI is InChI=1S/C16H31NO2/c1-6-17(7-2)11-13(18)16(19)10-12-8-9-15(16,5)14(12,3)4/h12-13,18-19H,6-11H2,1-5H3/t12-,13+,15-,16+/m1/s1. The highest BCUT2D eigenvalue weighted by molar-refractivity contribution is 5.20. The number of hydrogen-bond donors (Lipinski definition) is 2. The van der Waals surface area contributed by atoms with Crippen molar-refractivity contribution in [3.63, 3.8) is 0 Å². The van der Waals surface area contributed by atoms with Crippen LogP contribution in [-0.4, -0.2) is 46.5 Å². The molecule has 0 unspecified atom stereocenters. The molecule has 2 rings (SSSR count). The zero-order valence-corrected chi connectivity index (χ0v) is 13.2. The predicted molar refractivity (Wildman–Crippen MR) is 78.0 cm³/mol. The van der Waals surface area contributed by atoms with E-state index in [1.807, 2.05) is 0 Å². The second-order valence-electron chi connectivity index (χ2n) is 7.42. The lowest BCUT2D eigenvalue weighted by Crippen LogP contribution is -2.58. The summed E-state index contributed by atoms with van der Waals surface area (Å²) < 4.78 is 0. The topological polar surface area (TPSA) is 43.7 Å². The van der Waals surface area contributed by atoms with E-state index in [1.54, 1.807) is 0 Å². The molecule has 19 heavy (non-hydrogen) atoms. The Hall–Kier alpha value is -0.120. The fraction of sp³-hybridized carbons (Fsp3) is 1.00. The molecule has 0 heterocycles. The number of fused-ring (bicyclic) bond motifs is 2. The van der Waals surface area contributed by atoms with Crippen molar-refractivity contribution in [2.45, 2.75) is 65.6 Å². The molecule has 2 aliphatic carbocycles. The SMILES string of the molecule is CCN(CC)C[C@H](O)[C@@]1(O)C[C@H]2CC[C@]1(C)C2(C)C. The maximum absolute atomic E-state index is 11.2. The third-order valence-electron chi connectivity index (χ3n) is 6.83. The number of rotatable bonds is 5. The Kier molecular flexibility index (Phi) is 3.79. The highest BCUT2D eigenvalue weighted by Crippen LogP contribution is 2.70. The van der Waals surface area contributed by atoms with Gasteiger partial charge in [0.05, 0.1) is 11.7 Å². The van der Waals surface area contributed by atoms with Crippen LogP contribution in [0.25, 0.3) is 0 Å². The molecule has 112 valence electrons. The molecule has 0 saturated heterocycles. The lowest BCUT2D eigenvalue weighted by molar-refractivity contribution is -0.166. The van der Waals surface area contributed by atoms with Crippen molar-refractivity contribution in [3.8, 4) is 0 Å². The number of aliphatic hydroxyl groups is 2. The number of aliphatic hydroxyl groups excluding tert-OH is 1. The van der Waals surface area contributed by atoms with Gasteiger partial charge < -0.3 is 15.1 Å². The molecule has 0 aliphatic heterocycles. The predicted octanol–water partition coefficient (Wildman–Crippen LogP) is 2.27. The van der Waals surface area contributed by atoms with Gasteiger partial charge in [0.1, 0.15) is 0 Å². The van der Waals surface area contributed by atoms with Crippen LogP contribution in [-0.2, 0) is 0 Å². The highest BCUT2D eigenvalue weighted by Gasteiger charge is 2.70. The van der Waals surface area contributed by atoms with Gasteiger partial charge in [-0.3, -0.25) is 0 Å². The van der Waals surface area contributed by atoms with Crippen LogP contribution in [0.2, 0.25) is 0 Å². The molecular formula is C16H31NO2. The van der Waals surface area contributed by atoms with Crippen LogP contribution in [0, 0.1) is 16.7 Å². The van der Waals surface area contributed by atoms with Gasteiger partial charge in [0.2, 0.25) is 0 Å². The quantitative estimate of drug-likeness (QED) is 0.804. The third kappa shape index (κ3) is 1.89. The van der Waals surface area contributed by atoms with Crippen LogP contribution < -0.4 is 0 Å². The van der Waals surface area contributed by atoms with Gasteiger partial charge in [0.25, 0.3) is 0 Å². The van der Waals surface area contributed by atoms with Crippen LogP contribution >= 0.6 is 0 Å². The van der Waals surface area contributed by atoms with Gasteiger partial charge in [-0.2, -0.15) is 0 Å². The Bertz CT molecular complexity index is 340. The van der Waals surface area contributed by atoms with E-state index in [0.29, 0.717) is 12.5 Å². The second-order valence-corrected chi connectivity index (χ2v) is 7.42. The Morgan fingerprint density at radius 3 is 2.16 bits per heavy atom. The van der Waals surface area contributed by atoms with Crippen molar-refractivity contribution in [1.29, 1.82) is 0 Å². The minimum atomic E-state index is -0.915. The van der Waals surface area contributed by atoms with Crippen molar-refractivity contribution in [2.24, 2.45) is 16.7 Å². The van der Waals surface area contributed by atoms with Gasteiger partial charge in [0.15, 0.2) is 0 Å². The summed E-state index contributed by atoms with van der Waals surface area (Å²) in [6.45, 7) is 13.4. The number of hydrogen-bond acceptors (Lipinski definition) is 3. The Balaban J connectivity index is 2.20. The van der Waals surface area contributed by atoms with Gasteiger partial charge in [-0.15, -0.1) is 0 Å². The summed E-state index contributed by atoms with van der Waals surface area (Å²) >= 11 is 0. The molecule has 2 saturated carbocycles. The third-order valence-corrected chi connectivity index (χ3v) is 6.83. The summed E-state index contributed by atoms with van der Waals surface area (Å²) in [5, 5.41) is 21.9. The van der Waals surface area contributed by atoms with Gasteiger partial charge >= 0.3 is 0 Å². The average molecular weight is 269 g/mol. The second kappa shape index (κ2) is 4.71. The normalized spacial score (nSPS) is 42.0. The first kappa shape index (κ1) is 15.3. The zero-order chi connectivity index (χ0) is 14.5. The molecule has 2 N–H and O–H groups in total. The maximum Gasteiger partial charge on any atom is 0.0979 e. The summed E-state index contributed by atoms with van der Waals surface area (Å²) in [5.41, 5.74) is -0.939. The Labute approximate surface area is 118 Å². The molecular weight excluding hydrogens is 238 g/mol. The molecule has 4 atom stereocenters. The van der Waals surface area contributed by atoms with Crippen molar-refractivity contribution < 1.29 is 10.2 Å². The van der Waals surface area contributed by atoms with E-state index in [2.05, 4.69) is 39.5 Å². The van der Waals surface area contributed by atoms with Crippen LogP contribution in [0.15, 0.2) is 0 Å². The van der Waals surface area contributed by atoms with Crippen molar-refractivity contribution >= 4 is 0 Å². The van der Waals surface area contributed by atoms with Crippen molar-refractivity contribution in [2.75, 3.05) is 19.6 Å². The number of nitrogens with zero attached hydrogens (tertiary/aromatic N) is 1. The van der Waals surface area contributed by atoms with Crippen LogP contribution in [0.5, 0.6) is 0 Å². The fourth-order valence-electron chi connectivity index (χ4n) is 4.71. The molecule has 0 spiro atoms. The Morgan fingerprint density at radius 2 is 1.79 bits per heavy atom. The summed E-state index contributed by atoms with van der Waals surface area (Å²) in [4.78, 5) is 2.20. The molecule has 0 aromatic rings. The summed E-state index contributed by atoms with van der Waals surface area (Å²) in [6, 6.07) is 0. The van der Waals surface area contributed by atoms with Gasteiger partial charge in [0, 0.05) is 12.0 Å². The summed E-state index contributed by atoms with van der Waals surface area (Å²) in [7, 11) is 0. The molecule has 2 fully saturated rings. The van der Waals surface area contributed by atoms with Crippen molar-refractivity contribution in [3.05, 3.63) is 0 Å². The van der Waals surface area contributed by atoms with E-state index in [4.69, 9.17) is 0 Å². The van der Waals surface area contributed by atoms with Crippen molar-refractivity contribution in [1.82, 2.24) is 4.90 Å². The summed E-state index contributed by atoms with van der Waals surface area (Å²) in [6.07, 6.45) is 2.36. The van der Waals surface area contributed by atoms with E-state index < -0.39 is 11.7 Å². The molecule has 3 nitrogen and oxygen atoms in total. The first-order valence-corrected chi connectivity index (χ1v) is 7.85. The molecule has 2 aliphatic rings. The molecule has 2 bridgehead atoms. The number of likely N-dealkylation sites (N-methyl/N-ethyl adjacent to an activating group) is 1. The zero-order valence-electron chi connectivity index (χ0n) is 13.2. The van der Waals surface area contributed by atoms with E-state index >= 15 is 0 Å². The fourth-order valence-corrected chi connectivity index (χ4v) is 4.71. The maximum atomic E-state index is 11.2. The van der Waals surface area contributed by atoms with Crippen LogP contribution in [0.4, 0.5) is 0 Å². The minimum absolute atomic E-state index is 0.131. The molecule has 0 amide bonds. The Morgan fingerprint density at radius 1 is 1.21 bits per heavy atom. The highest BCUT2D eigenvalue weighted by atomic mass is 16.3. The average Bonchev–Trinajstić information content (AvgIpc) is 2.67.